The molecule has 2 aromatic rings. The van der Waals surface area contributed by atoms with Crippen LogP contribution in [0.3, 0.4) is 0 Å². The third kappa shape index (κ3) is 2.43. The maximum absolute atomic E-state index is 9.08. The Bertz CT molecular complexity index is 643. The van der Waals surface area contributed by atoms with Crippen molar-refractivity contribution in [3.63, 3.8) is 0 Å². The summed E-state index contributed by atoms with van der Waals surface area (Å²) in [6.07, 6.45) is 1.65. The molecule has 0 saturated carbocycles. The van der Waals surface area contributed by atoms with Crippen molar-refractivity contribution in [3.8, 4) is 23.3 Å². The van der Waals surface area contributed by atoms with Gasteiger partial charge in [-0.15, -0.1) is 5.10 Å². The highest BCUT2D eigenvalue weighted by Crippen LogP contribution is 2.29. The summed E-state index contributed by atoms with van der Waals surface area (Å²) in [5, 5.41) is 17.0. The van der Waals surface area contributed by atoms with Crippen molar-refractivity contribution in [2.24, 2.45) is 0 Å². The molecule has 1 heterocycles. The summed E-state index contributed by atoms with van der Waals surface area (Å²) in [7, 11) is 3.17. The van der Waals surface area contributed by atoms with E-state index in [2.05, 4.69) is 16.4 Å². The van der Waals surface area contributed by atoms with Gasteiger partial charge in [0.2, 0.25) is 0 Å². The largest absolute Gasteiger partial charge is 0.493 e. The quantitative estimate of drug-likeness (QED) is 0.833. The molecule has 0 aliphatic rings. The fourth-order valence-electron chi connectivity index (χ4n) is 2.01. The molecule has 0 atom stereocenters. The van der Waals surface area contributed by atoms with E-state index in [1.165, 1.54) is 0 Å². The molecule has 2 rings (SSSR count). The predicted octanol–water partition coefficient (Wildman–Crippen LogP) is 2.11. The average Bonchev–Trinajstić information content (AvgIpc) is 2.89. The highest BCUT2D eigenvalue weighted by atomic mass is 16.5. The molecule has 0 aliphatic heterocycles. The molecule has 0 unspecified atom stereocenters. The molecular weight excluding hydrogens is 256 g/mol. The van der Waals surface area contributed by atoms with Crippen molar-refractivity contribution in [3.05, 3.63) is 29.6 Å². The molecule has 0 bridgehead atoms. The van der Waals surface area contributed by atoms with Crippen molar-refractivity contribution < 1.29 is 9.47 Å². The van der Waals surface area contributed by atoms with Crippen molar-refractivity contribution in [2.45, 2.75) is 19.8 Å². The smallest absolute Gasteiger partial charge is 0.186 e. The first-order chi connectivity index (χ1) is 9.74. The summed E-state index contributed by atoms with van der Waals surface area (Å²) < 4.78 is 12.2. The Balaban J connectivity index is 2.51. The number of aromatic nitrogens is 3. The van der Waals surface area contributed by atoms with Crippen LogP contribution >= 0.6 is 0 Å². The van der Waals surface area contributed by atoms with E-state index in [1.54, 1.807) is 25.0 Å². The average molecular weight is 272 g/mol. The van der Waals surface area contributed by atoms with Crippen molar-refractivity contribution in [2.75, 3.05) is 14.2 Å². The summed E-state index contributed by atoms with van der Waals surface area (Å²) in [6, 6.07) is 7.55. The van der Waals surface area contributed by atoms with E-state index in [-0.39, 0.29) is 0 Å². The zero-order chi connectivity index (χ0) is 14.5. The van der Waals surface area contributed by atoms with Gasteiger partial charge in [0.15, 0.2) is 17.2 Å². The molecule has 0 N–H and O–H groups in total. The van der Waals surface area contributed by atoms with Crippen LogP contribution in [0.25, 0.3) is 5.69 Å². The van der Waals surface area contributed by atoms with Gasteiger partial charge in [0.25, 0.3) is 0 Å². The van der Waals surface area contributed by atoms with E-state index in [9.17, 15) is 0 Å². The molecule has 0 spiro atoms. The number of nitriles is 1. The number of hydrogen-bond donors (Lipinski definition) is 0. The zero-order valence-corrected chi connectivity index (χ0v) is 11.8. The number of hydrogen-bond acceptors (Lipinski definition) is 5. The summed E-state index contributed by atoms with van der Waals surface area (Å²) in [6.45, 7) is 2.05. The molecule has 0 aliphatic carbocycles. The summed E-state index contributed by atoms with van der Waals surface area (Å²) >= 11 is 0. The van der Waals surface area contributed by atoms with Crippen LogP contribution in [-0.4, -0.2) is 29.2 Å². The first-order valence-corrected chi connectivity index (χ1v) is 6.32. The topological polar surface area (TPSA) is 73.0 Å². The summed E-state index contributed by atoms with van der Waals surface area (Å²) in [5.74, 6) is 1.26. The fraction of sp³-hybridized carbons (Fsp3) is 0.357. The minimum absolute atomic E-state index is 0.363. The second kappa shape index (κ2) is 6.06. The minimum Gasteiger partial charge on any atom is -0.493 e. The second-order valence-electron chi connectivity index (χ2n) is 4.20. The van der Waals surface area contributed by atoms with Gasteiger partial charge in [0, 0.05) is 6.07 Å². The van der Waals surface area contributed by atoms with Gasteiger partial charge in [-0.05, 0) is 18.6 Å². The molecule has 0 saturated heterocycles. The van der Waals surface area contributed by atoms with Crippen LogP contribution in [0, 0.1) is 11.3 Å². The zero-order valence-electron chi connectivity index (χ0n) is 11.8. The van der Waals surface area contributed by atoms with E-state index in [0.29, 0.717) is 17.2 Å². The molecule has 1 aromatic carbocycles. The van der Waals surface area contributed by atoms with Crippen LogP contribution in [0.4, 0.5) is 0 Å². The molecule has 20 heavy (non-hydrogen) atoms. The molecule has 0 amide bonds. The Morgan fingerprint density at radius 3 is 2.60 bits per heavy atom. The Kier molecular flexibility index (Phi) is 4.20. The van der Waals surface area contributed by atoms with Gasteiger partial charge in [-0.1, -0.05) is 18.6 Å². The second-order valence-corrected chi connectivity index (χ2v) is 4.20. The number of ether oxygens (including phenoxy) is 2. The van der Waals surface area contributed by atoms with Crippen molar-refractivity contribution in [1.29, 1.82) is 5.26 Å². The maximum Gasteiger partial charge on any atom is 0.186 e. The molecular formula is C14H16N4O2. The SMILES string of the molecule is CCCc1c(C#N)nnn1-c1ccc(OC)c(OC)c1. The van der Waals surface area contributed by atoms with Crippen LogP contribution in [0.1, 0.15) is 24.7 Å². The normalized spacial score (nSPS) is 10.1. The lowest BCUT2D eigenvalue weighted by atomic mass is 10.2. The van der Waals surface area contributed by atoms with Crippen molar-refractivity contribution >= 4 is 0 Å². The standard InChI is InChI=1S/C14H16N4O2/c1-4-5-12-11(9-15)16-17-18(12)10-6-7-13(19-2)14(8-10)20-3/h6-8H,4-5H2,1-3H3. The maximum atomic E-state index is 9.08. The predicted molar refractivity (Wildman–Crippen MR) is 73.2 cm³/mol. The van der Waals surface area contributed by atoms with Crippen LogP contribution < -0.4 is 9.47 Å². The van der Waals surface area contributed by atoms with Gasteiger partial charge in [-0.3, -0.25) is 0 Å². The van der Waals surface area contributed by atoms with E-state index in [1.807, 2.05) is 19.1 Å². The number of benzene rings is 1. The van der Waals surface area contributed by atoms with Gasteiger partial charge in [0.05, 0.1) is 25.6 Å². The van der Waals surface area contributed by atoms with Gasteiger partial charge < -0.3 is 9.47 Å². The Hall–Kier alpha value is -2.55. The highest BCUT2D eigenvalue weighted by molar-refractivity contribution is 5.49. The monoisotopic (exact) mass is 272 g/mol. The fourth-order valence-corrected chi connectivity index (χ4v) is 2.01. The highest BCUT2D eigenvalue weighted by Gasteiger charge is 2.14. The Morgan fingerprint density at radius 1 is 1.25 bits per heavy atom. The van der Waals surface area contributed by atoms with Crippen LogP contribution in [0.2, 0.25) is 0 Å². The van der Waals surface area contributed by atoms with E-state index >= 15 is 0 Å². The minimum atomic E-state index is 0.363. The molecule has 104 valence electrons. The lowest BCUT2D eigenvalue weighted by Crippen LogP contribution is -2.04. The number of rotatable bonds is 5. The van der Waals surface area contributed by atoms with E-state index < -0.39 is 0 Å². The third-order valence-electron chi connectivity index (χ3n) is 2.97. The van der Waals surface area contributed by atoms with Gasteiger partial charge in [-0.2, -0.15) is 5.26 Å². The Labute approximate surface area is 117 Å². The van der Waals surface area contributed by atoms with Crippen LogP contribution in [-0.2, 0) is 6.42 Å². The molecule has 1 aromatic heterocycles. The van der Waals surface area contributed by atoms with Crippen LogP contribution in [0.5, 0.6) is 11.5 Å². The van der Waals surface area contributed by atoms with Crippen LogP contribution in [0.15, 0.2) is 18.2 Å². The first-order valence-electron chi connectivity index (χ1n) is 6.32. The number of methoxy groups -OCH3 is 2. The number of nitrogens with zero attached hydrogens (tertiary/aromatic N) is 4. The third-order valence-corrected chi connectivity index (χ3v) is 2.97. The van der Waals surface area contributed by atoms with Gasteiger partial charge in [0.1, 0.15) is 6.07 Å². The molecule has 0 radical (unpaired) electrons. The van der Waals surface area contributed by atoms with Crippen molar-refractivity contribution in [1.82, 2.24) is 15.0 Å². The van der Waals surface area contributed by atoms with E-state index in [0.717, 1.165) is 24.2 Å². The van der Waals surface area contributed by atoms with Gasteiger partial charge >= 0.3 is 0 Å². The summed E-state index contributed by atoms with van der Waals surface area (Å²) in [5.41, 5.74) is 1.96. The van der Waals surface area contributed by atoms with E-state index in [4.69, 9.17) is 14.7 Å². The molecule has 6 nitrogen and oxygen atoms in total. The molecule has 0 fully saturated rings. The molecule has 6 heteroatoms. The lowest BCUT2D eigenvalue weighted by molar-refractivity contribution is 0.354. The first kappa shape index (κ1) is 13.9. The van der Waals surface area contributed by atoms with Gasteiger partial charge in [-0.25, -0.2) is 4.68 Å². The Morgan fingerprint density at radius 2 is 2.00 bits per heavy atom. The lowest BCUT2D eigenvalue weighted by Gasteiger charge is -2.10. The summed E-state index contributed by atoms with van der Waals surface area (Å²) in [4.78, 5) is 0.